The monoisotopic (exact) mass is 457 g/mol. The van der Waals surface area contributed by atoms with Gasteiger partial charge in [0.25, 0.3) is 0 Å². The number of ketones is 1. The van der Waals surface area contributed by atoms with Gasteiger partial charge in [-0.1, -0.05) is 66.7 Å². The van der Waals surface area contributed by atoms with Crippen LogP contribution in [0.2, 0.25) is 0 Å². The molecule has 0 spiro atoms. The second-order valence-corrected chi connectivity index (χ2v) is 10.6. The molecular formula is C30H35NO3. The van der Waals surface area contributed by atoms with Crippen LogP contribution in [-0.4, -0.2) is 36.0 Å². The molecule has 2 saturated carbocycles. The zero-order valence-corrected chi connectivity index (χ0v) is 19.9. The van der Waals surface area contributed by atoms with Gasteiger partial charge in [0.15, 0.2) is 5.78 Å². The van der Waals surface area contributed by atoms with E-state index in [1.54, 1.807) is 0 Å². The molecule has 4 unspecified atom stereocenters. The second kappa shape index (κ2) is 9.67. The molecule has 2 aromatic rings. The molecule has 1 aliphatic heterocycles. The number of hydrogen-bond donors (Lipinski definition) is 0. The van der Waals surface area contributed by atoms with Crippen LogP contribution in [0.15, 0.2) is 72.4 Å². The Labute approximate surface area is 202 Å². The average molecular weight is 458 g/mol. The van der Waals surface area contributed by atoms with E-state index in [0.717, 1.165) is 24.5 Å². The van der Waals surface area contributed by atoms with E-state index in [2.05, 4.69) is 59.5 Å². The molecule has 178 valence electrons. The molecule has 1 heterocycles. The van der Waals surface area contributed by atoms with Gasteiger partial charge in [0.2, 0.25) is 0 Å². The van der Waals surface area contributed by atoms with Crippen molar-refractivity contribution < 1.29 is 14.3 Å². The molecule has 6 atom stereocenters. The number of fused-ring (bicyclic) bond motifs is 5. The topological polar surface area (TPSA) is 38.8 Å². The lowest BCUT2D eigenvalue weighted by atomic mass is 9.81. The van der Waals surface area contributed by atoms with E-state index in [-0.39, 0.29) is 18.0 Å². The zero-order chi connectivity index (χ0) is 22.9. The van der Waals surface area contributed by atoms with Crippen molar-refractivity contribution >= 4 is 5.78 Å². The van der Waals surface area contributed by atoms with E-state index in [1.807, 2.05) is 12.1 Å². The van der Waals surface area contributed by atoms with Crippen LogP contribution < -0.4 is 0 Å². The molecule has 6 rings (SSSR count). The highest BCUT2D eigenvalue weighted by molar-refractivity contribution is 6.00. The van der Waals surface area contributed by atoms with Crippen LogP contribution in [0.1, 0.15) is 43.2 Å². The number of likely N-dealkylation sites (tertiary alicyclic amines) is 1. The van der Waals surface area contributed by atoms with Gasteiger partial charge in [0.1, 0.15) is 0 Å². The Bertz CT molecular complexity index is 966. The number of benzene rings is 2. The number of carbonyl (C=O) groups is 1. The molecule has 0 aromatic heterocycles. The molecule has 0 radical (unpaired) electrons. The molecule has 2 bridgehead atoms. The predicted molar refractivity (Wildman–Crippen MR) is 132 cm³/mol. The molecular weight excluding hydrogens is 422 g/mol. The number of rotatable bonds is 9. The van der Waals surface area contributed by atoms with Gasteiger partial charge in [-0.15, -0.1) is 0 Å². The number of ether oxygens (including phenoxy) is 2. The Morgan fingerprint density at radius 1 is 0.735 bits per heavy atom. The Kier molecular flexibility index (Phi) is 6.28. The zero-order valence-electron chi connectivity index (χ0n) is 19.9. The fourth-order valence-electron chi connectivity index (χ4n) is 7.07. The van der Waals surface area contributed by atoms with Gasteiger partial charge in [-0.05, 0) is 61.0 Å². The van der Waals surface area contributed by atoms with Crippen molar-refractivity contribution in [3.63, 3.8) is 0 Å². The first-order chi connectivity index (χ1) is 16.8. The summed E-state index contributed by atoms with van der Waals surface area (Å²) in [4.78, 5) is 16.1. The van der Waals surface area contributed by atoms with Crippen LogP contribution in [-0.2, 0) is 27.5 Å². The molecule has 3 fully saturated rings. The summed E-state index contributed by atoms with van der Waals surface area (Å²) in [6.45, 7) is 2.53. The fraction of sp³-hybridized carbons (Fsp3) is 0.500. The highest BCUT2D eigenvalue weighted by Gasteiger charge is 2.55. The van der Waals surface area contributed by atoms with Gasteiger partial charge in [-0.25, -0.2) is 0 Å². The summed E-state index contributed by atoms with van der Waals surface area (Å²) in [6.07, 6.45) is 8.25. The smallest absolute Gasteiger partial charge is 0.182 e. The molecule has 0 N–H and O–H groups in total. The number of carbonyl (C=O) groups excluding carboxylic acids is 1. The third-order valence-electron chi connectivity index (χ3n) is 8.63. The minimum Gasteiger partial charge on any atom is -0.375 e. The molecule has 4 heteroatoms. The quantitative estimate of drug-likeness (QED) is 0.507. The van der Waals surface area contributed by atoms with Crippen molar-refractivity contribution in [3.8, 4) is 0 Å². The summed E-state index contributed by atoms with van der Waals surface area (Å²) in [6, 6.07) is 21.2. The van der Waals surface area contributed by atoms with Gasteiger partial charge in [0, 0.05) is 5.92 Å². The number of Topliss-reactive ketones (excluding diaryl/α,β-unsaturated/α-hetero) is 1. The first-order valence-electron chi connectivity index (χ1n) is 13.1. The van der Waals surface area contributed by atoms with Crippen LogP contribution >= 0.6 is 0 Å². The molecule has 3 aliphatic carbocycles. The lowest BCUT2D eigenvalue weighted by Crippen LogP contribution is -2.42. The third-order valence-corrected chi connectivity index (χ3v) is 8.63. The highest BCUT2D eigenvalue weighted by atomic mass is 16.5. The largest absolute Gasteiger partial charge is 0.375 e. The first-order valence-corrected chi connectivity index (χ1v) is 13.1. The van der Waals surface area contributed by atoms with E-state index in [1.165, 1.54) is 30.4 Å². The second-order valence-electron chi connectivity index (χ2n) is 10.6. The number of allylic oxidation sites excluding steroid dienone is 2. The molecule has 2 aromatic carbocycles. The Morgan fingerprint density at radius 3 is 1.85 bits per heavy atom. The summed E-state index contributed by atoms with van der Waals surface area (Å²) in [7, 11) is 0. The average Bonchev–Trinajstić information content (AvgIpc) is 3.64. The van der Waals surface area contributed by atoms with E-state index in [0.29, 0.717) is 44.0 Å². The molecule has 0 amide bonds. The van der Waals surface area contributed by atoms with Gasteiger partial charge in [-0.3, -0.25) is 4.79 Å². The van der Waals surface area contributed by atoms with Crippen molar-refractivity contribution in [1.82, 2.24) is 4.90 Å². The third kappa shape index (κ3) is 4.23. The summed E-state index contributed by atoms with van der Waals surface area (Å²) < 4.78 is 12.4. The lowest BCUT2D eigenvalue weighted by molar-refractivity contribution is -0.122. The molecule has 34 heavy (non-hydrogen) atoms. The van der Waals surface area contributed by atoms with Gasteiger partial charge < -0.3 is 14.4 Å². The summed E-state index contributed by atoms with van der Waals surface area (Å²) >= 11 is 0. The predicted octanol–water partition coefficient (Wildman–Crippen LogP) is 5.38. The van der Waals surface area contributed by atoms with Gasteiger partial charge in [-0.2, -0.15) is 0 Å². The maximum atomic E-state index is 13.7. The Morgan fingerprint density at radius 2 is 1.29 bits per heavy atom. The number of nitrogens with zero attached hydrogens (tertiary/aromatic N) is 1. The maximum Gasteiger partial charge on any atom is 0.182 e. The Hall–Kier alpha value is -2.43. The molecule has 4 nitrogen and oxygen atoms in total. The van der Waals surface area contributed by atoms with Crippen LogP contribution in [0, 0.1) is 23.7 Å². The maximum absolute atomic E-state index is 13.7. The number of hydrogen-bond acceptors (Lipinski definition) is 4. The van der Waals surface area contributed by atoms with Crippen LogP contribution in [0.5, 0.6) is 0 Å². The van der Waals surface area contributed by atoms with Crippen LogP contribution in [0.3, 0.4) is 0 Å². The summed E-state index contributed by atoms with van der Waals surface area (Å²) in [5.74, 6) is 2.45. The fourth-order valence-corrected chi connectivity index (χ4v) is 7.07. The van der Waals surface area contributed by atoms with Gasteiger partial charge in [0.05, 0.1) is 44.2 Å². The van der Waals surface area contributed by atoms with Crippen molar-refractivity contribution in [2.24, 2.45) is 23.7 Å². The first kappa shape index (κ1) is 22.1. The SMILES string of the molecule is O=C1C(N2[C@H](COCc3ccccc3)CC[C@H]2COCc2ccccc2)=CC2C3CCC(C3)C12. The van der Waals surface area contributed by atoms with E-state index < -0.39 is 0 Å². The van der Waals surface area contributed by atoms with Crippen molar-refractivity contribution in [2.75, 3.05) is 13.2 Å². The van der Waals surface area contributed by atoms with Crippen molar-refractivity contribution in [3.05, 3.63) is 83.6 Å². The minimum atomic E-state index is 0.237. The summed E-state index contributed by atoms with van der Waals surface area (Å²) in [5, 5.41) is 0. The van der Waals surface area contributed by atoms with E-state index >= 15 is 0 Å². The standard InChI is InChI=1S/C30H35NO3/c32-30-28(16-27-23-11-12-24(15-23)29(27)30)31-25(19-33-17-21-7-3-1-4-8-21)13-14-26(31)20-34-18-22-9-5-2-6-10-22/h1-10,16,23-27,29H,11-15,17-20H2/t23?,24?,25-,26-,27?,29?/m0/s1. The van der Waals surface area contributed by atoms with Crippen LogP contribution in [0.25, 0.3) is 0 Å². The Balaban J connectivity index is 1.16. The normalized spacial score (nSPS) is 31.8. The minimum absolute atomic E-state index is 0.237. The van der Waals surface area contributed by atoms with Crippen molar-refractivity contribution in [1.29, 1.82) is 0 Å². The molecule has 4 aliphatic rings. The van der Waals surface area contributed by atoms with Crippen molar-refractivity contribution in [2.45, 2.75) is 57.4 Å². The highest BCUT2D eigenvalue weighted by Crippen LogP contribution is 2.57. The van der Waals surface area contributed by atoms with Gasteiger partial charge >= 0.3 is 0 Å². The lowest BCUT2D eigenvalue weighted by Gasteiger charge is -2.33. The van der Waals surface area contributed by atoms with Crippen LogP contribution in [0.4, 0.5) is 0 Å². The van der Waals surface area contributed by atoms with E-state index in [9.17, 15) is 4.79 Å². The molecule has 1 saturated heterocycles. The summed E-state index contributed by atoms with van der Waals surface area (Å²) in [5.41, 5.74) is 3.36. The van der Waals surface area contributed by atoms with E-state index in [4.69, 9.17) is 9.47 Å².